The molecule has 1 aliphatic heterocycles. The van der Waals surface area contributed by atoms with Gasteiger partial charge in [-0.3, -0.25) is 9.48 Å². The Bertz CT molecular complexity index is 660. The molecular formula is C15H20N4OS. The quantitative estimate of drug-likeness (QED) is 0.874. The molecule has 0 bridgehead atoms. The lowest BCUT2D eigenvalue weighted by atomic mass is 10.2. The molecule has 1 atom stereocenters. The Morgan fingerprint density at radius 1 is 1.43 bits per heavy atom. The van der Waals surface area contributed by atoms with Gasteiger partial charge in [-0.05, 0) is 33.3 Å². The standard InChI is InChI=1S/C15H20N4OS/c1-10-6-11(2)19(17-10)14-4-5-18(8-14)15(20)7-13-9-21-12(3)16-13/h6,9,14H,4-5,7-8H2,1-3H3. The molecule has 6 heteroatoms. The molecule has 0 aliphatic carbocycles. The fourth-order valence-corrected chi connectivity index (χ4v) is 3.55. The topological polar surface area (TPSA) is 51.0 Å². The lowest BCUT2D eigenvalue weighted by Gasteiger charge is -2.17. The summed E-state index contributed by atoms with van der Waals surface area (Å²) in [4.78, 5) is 18.7. The summed E-state index contributed by atoms with van der Waals surface area (Å²) in [6.07, 6.45) is 1.39. The summed E-state index contributed by atoms with van der Waals surface area (Å²) in [5.74, 6) is 0.171. The average molecular weight is 304 g/mol. The van der Waals surface area contributed by atoms with E-state index < -0.39 is 0 Å². The first-order valence-corrected chi connectivity index (χ1v) is 8.12. The van der Waals surface area contributed by atoms with E-state index in [2.05, 4.69) is 27.8 Å². The van der Waals surface area contributed by atoms with Gasteiger partial charge in [0, 0.05) is 24.2 Å². The predicted molar refractivity (Wildman–Crippen MR) is 82.5 cm³/mol. The number of aryl methyl sites for hydroxylation is 3. The Morgan fingerprint density at radius 2 is 2.24 bits per heavy atom. The van der Waals surface area contributed by atoms with E-state index in [1.807, 2.05) is 24.1 Å². The molecule has 0 N–H and O–H groups in total. The highest BCUT2D eigenvalue weighted by Gasteiger charge is 2.28. The van der Waals surface area contributed by atoms with E-state index in [1.165, 1.54) is 5.69 Å². The minimum Gasteiger partial charge on any atom is -0.340 e. The van der Waals surface area contributed by atoms with Crippen molar-refractivity contribution in [2.75, 3.05) is 13.1 Å². The van der Waals surface area contributed by atoms with Crippen LogP contribution in [-0.4, -0.2) is 38.7 Å². The van der Waals surface area contributed by atoms with Crippen LogP contribution < -0.4 is 0 Å². The zero-order valence-electron chi connectivity index (χ0n) is 12.7. The minimum absolute atomic E-state index is 0.171. The molecule has 1 aliphatic rings. The van der Waals surface area contributed by atoms with Crippen LogP contribution in [-0.2, 0) is 11.2 Å². The van der Waals surface area contributed by atoms with Crippen molar-refractivity contribution in [1.29, 1.82) is 0 Å². The molecule has 0 spiro atoms. The molecule has 0 aromatic carbocycles. The number of amides is 1. The van der Waals surface area contributed by atoms with Crippen LogP contribution in [0.1, 0.15) is 34.6 Å². The van der Waals surface area contributed by atoms with Crippen LogP contribution in [0.15, 0.2) is 11.4 Å². The number of nitrogens with zero attached hydrogens (tertiary/aromatic N) is 4. The molecule has 3 heterocycles. The second-order valence-corrected chi connectivity index (χ2v) is 6.75. The monoisotopic (exact) mass is 304 g/mol. The summed E-state index contributed by atoms with van der Waals surface area (Å²) in [6, 6.07) is 2.39. The second-order valence-electron chi connectivity index (χ2n) is 5.69. The molecule has 2 aromatic heterocycles. The van der Waals surface area contributed by atoms with Gasteiger partial charge in [-0.15, -0.1) is 11.3 Å². The van der Waals surface area contributed by atoms with Gasteiger partial charge in [0.25, 0.3) is 0 Å². The van der Waals surface area contributed by atoms with Gasteiger partial charge >= 0.3 is 0 Å². The van der Waals surface area contributed by atoms with Crippen molar-refractivity contribution in [3.05, 3.63) is 33.5 Å². The van der Waals surface area contributed by atoms with E-state index in [4.69, 9.17) is 0 Å². The van der Waals surface area contributed by atoms with Crippen LogP contribution in [0.4, 0.5) is 0 Å². The van der Waals surface area contributed by atoms with Crippen molar-refractivity contribution in [2.24, 2.45) is 0 Å². The van der Waals surface area contributed by atoms with Crippen molar-refractivity contribution in [3.63, 3.8) is 0 Å². The summed E-state index contributed by atoms with van der Waals surface area (Å²) >= 11 is 1.60. The smallest absolute Gasteiger partial charge is 0.228 e. The van der Waals surface area contributed by atoms with E-state index in [-0.39, 0.29) is 5.91 Å². The molecule has 21 heavy (non-hydrogen) atoms. The average Bonchev–Trinajstić information content (AvgIpc) is 3.10. The van der Waals surface area contributed by atoms with Gasteiger partial charge in [0.1, 0.15) is 0 Å². The van der Waals surface area contributed by atoms with Gasteiger partial charge in [-0.25, -0.2) is 4.98 Å². The Morgan fingerprint density at radius 3 is 2.86 bits per heavy atom. The van der Waals surface area contributed by atoms with Gasteiger partial charge in [0.05, 0.1) is 28.9 Å². The van der Waals surface area contributed by atoms with E-state index in [0.29, 0.717) is 12.5 Å². The van der Waals surface area contributed by atoms with E-state index >= 15 is 0 Å². The molecule has 0 radical (unpaired) electrons. The number of rotatable bonds is 3. The largest absolute Gasteiger partial charge is 0.340 e. The van der Waals surface area contributed by atoms with Gasteiger partial charge in [-0.2, -0.15) is 5.10 Å². The number of aromatic nitrogens is 3. The molecule has 3 rings (SSSR count). The molecule has 112 valence electrons. The third-order valence-corrected chi connectivity index (χ3v) is 4.73. The summed E-state index contributed by atoms with van der Waals surface area (Å²) in [5, 5.41) is 7.53. The van der Waals surface area contributed by atoms with Gasteiger partial charge in [-0.1, -0.05) is 0 Å². The fraction of sp³-hybridized carbons (Fsp3) is 0.533. The van der Waals surface area contributed by atoms with Crippen LogP contribution in [0.2, 0.25) is 0 Å². The molecule has 1 saturated heterocycles. The highest BCUT2D eigenvalue weighted by atomic mass is 32.1. The first-order valence-electron chi connectivity index (χ1n) is 7.24. The molecule has 2 aromatic rings. The zero-order valence-corrected chi connectivity index (χ0v) is 13.5. The first kappa shape index (κ1) is 14.3. The Labute approximate surface area is 128 Å². The molecule has 0 saturated carbocycles. The predicted octanol–water partition coefficient (Wildman–Crippen LogP) is 2.28. The van der Waals surface area contributed by atoms with Crippen LogP contribution in [0.5, 0.6) is 0 Å². The lowest BCUT2D eigenvalue weighted by Crippen LogP contribution is -2.30. The van der Waals surface area contributed by atoms with Crippen molar-refractivity contribution in [2.45, 2.75) is 39.7 Å². The maximum atomic E-state index is 12.4. The fourth-order valence-electron chi connectivity index (χ4n) is 2.94. The van der Waals surface area contributed by atoms with Crippen LogP contribution >= 0.6 is 11.3 Å². The third kappa shape index (κ3) is 3.00. The van der Waals surface area contributed by atoms with Gasteiger partial charge in [0.15, 0.2) is 0 Å². The van der Waals surface area contributed by atoms with Crippen LogP contribution in [0.3, 0.4) is 0 Å². The summed E-state index contributed by atoms with van der Waals surface area (Å²) in [5.41, 5.74) is 3.09. The van der Waals surface area contributed by atoms with E-state index in [0.717, 1.165) is 35.9 Å². The molecular weight excluding hydrogens is 284 g/mol. The summed E-state index contributed by atoms with van der Waals surface area (Å²) in [7, 11) is 0. The van der Waals surface area contributed by atoms with Crippen molar-refractivity contribution < 1.29 is 4.79 Å². The summed E-state index contributed by atoms with van der Waals surface area (Å²) < 4.78 is 2.07. The lowest BCUT2D eigenvalue weighted by molar-refractivity contribution is -0.129. The number of hydrogen-bond acceptors (Lipinski definition) is 4. The molecule has 1 amide bonds. The number of carbonyl (C=O) groups excluding carboxylic acids is 1. The zero-order chi connectivity index (χ0) is 15.0. The Balaban J connectivity index is 1.64. The molecule has 1 fully saturated rings. The van der Waals surface area contributed by atoms with Gasteiger partial charge < -0.3 is 4.90 Å². The number of carbonyl (C=O) groups is 1. The maximum Gasteiger partial charge on any atom is 0.228 e. The van der Waals surface area contributed by atoms with E-state index in [1.54, 1.807) is 11.3 Å². The Kier molecular flexibility index (Phi) is 3.80. The normalized spacial score (nSPS) is 18.4. The van der Waals surface area contributed by atoms with E-state index in [9.17, 15) is 4.79 Å². The van der Waals surface area contributed by atoms with Gasteiger partial charge in [0.2, 0.25) is 5.91 Å². The first-order chi connectivity index (χ1) is 10.0. The van der Waals surface area contributed by atoms with Crippen molar-refractivity contribution >= 4 is 17.2 Å². The maximum absolute atomic E-state index is 12.4. The van der Waals surface area contributed by atoms with Crippen molar-refractivity contribution in [1.82, 2.24) is 19.7 Å². The van der Waals surface area contributed by atoms with Crippen molar-refractivity contribution in [3.8, 4) is 0 Å². The highest BCUT2D eigenvalue weighted by molar-refractivity contribution is 7.09. The molecule has 1 unspecified atom stereocenters. The number of hydrogen-bond donors (Lipinski definition) is 0. The molecule has 5 nitrogen and oxygen atoms in total. The van der Waals surface area contributed by atoms with Crippen LogP contribution in [0.25, 0.3) is 0 Å². The second kappa shape index (κ2) is 5.60. The number of likely N-dealkylation sites (tertiary alicyclic amines) is 1. The number of thiazole rings is 1. The highest BCUT2D eigenvalue weighted by Crippen LogP contribution is 2.23. The summed E-state index contributed by atoms with van der Waals surface area (Å²) in [6.45, 7) is 7.61. The Hall–Kier alpha value is -1.69. The van der Waals surface area contributed by atoms with Crippen LogP contribution in [0, 0.1) is 20.8 Å². The minimum atomic E-state index is 0.171. The SMILES string of the molecule is Cc1cc(C)n(C2CCN(C(=O)Cc3csc(C)n3)C2)n1. The third-order valence-electron chi connectivity index (χ3n) is 3.91.